The molecule has 0 nitrogen and oxygen atoms in total. The molecule has 3 unspecified atom stereocenters. The van der Waals surface area contributed by atoms with Gasteiger partial charge in [-0.05, 0) is 55.9 Å². The third-order valence-electron chi connectivity index (χ3n) is 3.72. The number of hydrogen-bond donors (Lipinski definition) is 0. The first-order chi connectivity index (χ1) is 5.90. The summed E-state index contributed by atoms with van der Waals surface area (Å²) in [5, 5.41) is 0. The Morgan fingerprint density at radius 1 is 1.33 bits per heavy atom. The SMILES string of the molecule is CCC1CCC2C=[C]CCC2C1. The molecule has 2 aliphatic carbocycles. The van der Waals surface area contributed by atoms with Crippen molar-refractivity contribution in [1.29, 1.82) is 0 Å². The summed E-state index contributed by atoms with van der Waals surface area (Å²) in [4.78, 5) is 0. The predicted octanol–water partition coefficient (Wildman–Crippen LogP) is 3.58. The molecular weight excluding hydrogens is 144 g/mol. The number of fused-ring (bicyclic) bond motifs is 1. The normalized spacial score (nSPS) is 40.9. The Morgan fingerprint density at radius 3 is 3.08 bits per heavy atom. The molecule has 1 saturated carbocycles. The second kappa shape index (κ2) is 3.64. The molecule has 0 saturated heterocycles. The van der Waals surface area contributed by atoms with E-state index >= 15 is 0 Å². The Labute approximate surface area is 76.1 Å². The summed E-state index contributed by atoms with van der Waals surface area (Å²) in [7, 11) is 0. The van der Waals surface area contributed by atoms with Crippen LogP contribution in [0.15, 0.2) is 6.08 Å². The summed E-state index contributed by atoms with van der Waals surface area (Å²) in [5.41, 5.74) is 0. The van der Waals surface area contributed by atoms with Gasteiger partial charge in [0.2, 0.25) is 0 Å². The first-order valence-corrected chi connectivity index (χ1v) is 5.47. The van der Waals surface area contributed by atoms with Crippen LogP contribution in [0.4, 0.5) is 0 Å². The summed E-state index contributed by atoms with van der Waals surface area (Å²) in [6, 6.07) is 0. The Morgan fingerprint density at radius 2 is 2.25 bits per heavy atom. The van der Waals surface area contributed by atoms with Crippen molar-refractivity contribution >= 4 is 0 Å². The number of hydrogen-bond acceptors (Lipinski definition) is 0. The zero-order chi connectivity index (χ0) is 8.39. The van der Waals surface area contributed by atoms with Crippen LogP contribution in [0.2, 0.25) is 0 Å². The van der Waals surface area contributed by atoms with Crippen LogP contribution in [0.5, 0.6) is 0 Å². The molecule has 0 aromatic carbocycles. The van der Waals surface area contributed by atoms with E-state index in [1.54, 1.807) is 0 Å². The first kappa shape index (κ1) is 8.34. The van der Waals surface area contributed by atoms with Gasteiger partial charge in [-0.1, -0.05) is 19.4 Å². The fourth-order valence-corrected chi connectivity index (χ4v) is 2.81. The Hall–Kier alpha value is -0.260. The first-order valence-electron chi connectivity index (χ1n) is 5.47. The van der Waals surface area contributed by atoms with Gasteiger partial charge in [0.05, 0.1) is 0 Å². The van der Waals surface area contributed by atoms with E-state index in [2.05, 4.69) is 19.1 Å². The van der Waals surface area contributed by atoms with Crippen molar-refractivity contribution in [3.8, 4) is 0 Å². The van der Waals surface area contributed by atoms with Crippen molar-refractivity contribution in [2.75, 3.05) is 0 Å². The molecule has 2 aliphatic rings. The predicted molar refractivity (Wildman–Crippen MR) is 51.7 cm³/mol. The molecule has 0 heteroatoms. The van der Waals surface area contributed by atoms with Gasteiger partial charge in [-0.25, -0.2) is 0 Å². The molecule has 0 aromatic rings. The summed E-state index contributed by atoms with van der Waals surface area (Å²) < 4.78 is 0. The van der Waals surface area contributed by atoms with E-state index in [4.69, 9.17) is 0 Å². The molecule has 67 valence electrons. The van der Waals surface area contributed by atoms with Crippen molar-refractivity contribution in [3.05, 3.63) is 12.2 Å². The van der Waals surface area contributed by atoms with Crippen LogP contribution < -0.4 is 0 Å². The van der Waals surface area contributed by atoms with E-state index < -0.39 is 0 Å². The van der Waals surface area contributed by atoms with Gasteiger partial charge >= 0.3 is 0 Å². The molecule has 2 rings (SSSR count). The Balaban J connectivity index is 1.96. The van der Waals surface area contributed by atoms with Crippen LogP contribution in [-0.2, 0) is 0 Å². The van der Waals surface area contributed by atoms with Crippen molar-refractivity contribution in [3.63, 3.8) is 0 Å². The number of allylic oxidation sites excluding steroid dienone is 2. The van der Waals surface area contributed by atoms with Gasteiger partial charge in [0, 0.05) is 0 Å². The minimum atomic E-state index is 0.904. The van der Waals surface area contributed by atoms with Crippen molar-refractivity contribution in [1.82, 2.24) is 0 Å². The van der Waals surface area contributed by atoms with Crippen LogP contribution in [0.25, 0.3) is 0 Å². The molecule has 0 N–H and O–H groups in total. The zero-order valence-corrected chi connectivity index (χ0v) is 8.05. The molecule has 0 bridgehead atoms. The quantitative estimate of drug-likeness (QED) is 0.554. The zero-order valence-electron chi connectivity index (χ0n) is 8.05. The topological polar surface area (TPSA) is 0 Å². The Bertz CT molecular complexity index is 169. The maximum atomic E-state index is 3.39. The van der Waals surface area contributed by atoms with Gasteiger partial charge in [0.1, 0.15) is 0 Å². The van der Waals surface area contributed by atoms with Crippen molar-refractivity contribution < 1.29 is 0 Å². The fraction of sp³-hybridized carbons (Fsp3) is 0.833. The maximum Gasteiger partial charge on any atom is -0.0199 e. The monoisotopic (exact) mass is 163 g/mol. The van der Waals surface area contributed by atoms with Gasteiger partial charge < -0.3 is 0 Å². The highest BCUT2D eigenvalue weighted by atomic mass is 14.3. The van der Waals surface area contributed by atoms with E-state index in [9.17, 15) is 0 Å². The molecule has 3 atom stereocenters. The average Bonchev–Trinajstić information content (AvgIpc) is 2.17. The van der Waals surface area contributed by atoms with Crippen molar-refractivity contribution in [2.24, 2.45) is 17.8 Å². The summed E-state index contributed by atoms with van der Waals surface area (Å²) in [6.07, 6.45) is 14.2. The van der Waals surface area contributed by atoms with Crippen LogP contribution >= 0.6 is 0 Å². The Kier molecular flexibility index (Phi) is 2.53. The molecular formula is C12H19. The van der Waals surface area contributed by atoms with Crippen LogP contribution in [-0.4, -0.2) is 0 Å². The third-order valence-corrected chi connectivity index (χ3v) is 3.72. The lowest BCUT2D eigenvalue weighted by molar-refractivity contribution is 0.191. The lowest BCUT2D eigenvalue weighted by Crippen LogP contribution is -2.25. The largest absolute Gasteiger partial charge is 0.0777 e. The molecule has 0 amide bonds. The second-order valence-corrected chi connectivity index (χ2v) is 4.42. The van der Waals surface area contributed by atoms with Gasteiger partial charge in [-0.2, -0.15) is 0 Å². The molecule has 1 fully saturated rings. The number of rotatable bonds is 1. The minimum Gasteiger partial charge on any atom is -0.0777 e. The standard InChI is InChI=1S/C12H19/c1-2-10-7-8-11-5-3-4-6-12(11)9-10/h5,10-12H,2,4,6-9H2,1H3. The van der Waals surface area contributed by atoms with E-state index in [0.29, 0.717) is 0 Å². The highest BCUT2D eigenvalue weighted by molar-refractivity contribution is 4.95. The smallest absolute Gasteiger partial charge is 0.0199 e. The van der Waals surface area contributed by atoms with E-state index in [1.165, 1.54) is 38.5 Å². The van der Waals surface area contributed by atoms with Gasteiger partial charge in [-0.3, -0.25) is 0 Å². The highest BCUT2D eigenvalue weighted by Crippen LogP contribution is 2.40. The lowest BCUT2D eigenvalue weighted by Gasteiger charge is -2.36. The molecule has 0 aromatic heterocycles. The van der Waals surface area contributed by atoms with Gasteiger partial charge in [0.25, 0.3) is 0 Å². The van der Waals surface area contributed by atoms with Crippen LogP contribution in [0.1, 0.15) is 45.4 Å². The molecule has 0 aliphatic heterocycles. The molecule has 12 heavy (non-hydrogen) atoms. The summed E-state index contributed by atoms with van der Waals surface area (Å²) in [5.74, 6) is 2.96. The molecule has 0 spiro atoms. The molecule has 1 radical (unpaired) electrons. The summed E-state index contributed by atoms with van der Waals surface area (Å²) in [6.45, 7) is 2.34. The van der Waals surface area contributed by atoms with Gasteiger partial charge in [-0.15, -0.1) is 0 Å². The summed E-state index contributed by atoms with van der Waals surface area (Å²) >= 11 is 0. The lowest BCUT2D eigenvalue weighted by atomic mass is 9.69. The third kappa shape index (κ3) is 1.57. The van der Waals surface area contributed by atoms with Crippen molar-refractivity contribution in [2.45, 2.75) is 45.4 Å². The van der Waals surface area contributed by atoms with E-state index in [0.717, 1.165) is 17.8 Å². The molecule has 0 heterocycles. The van der Waals surface area contributed by atoms with Gasteiger partial charge in [0.15, 0.2) is 0 Å². The maximum absolute atomic E-state index is 3.39. The van der Waals surface area contributed by atoms with E-state index in [-0.39, 0.29) is 0 Å². The van der Waals surface area contributed by atoms with Crippen LogP contribution in [0.3, 0.4) is 0 Å². The van der Waals surface area contributed by atoms with Crippen LogP contribution in [0, 0.1) is 23.8 Å². The fourth-order valence-electron chi connectivity index (χ4n) is 2.81. The minimum absolute atomic E-state index is 0.904. The second-order valence-electron chi connectivity index (χ2n) is 4.42. The highest BCUT2D eigenvalue weighted by Gasteiger charge is 2.28. The van der Waals surface area contributed by atoms with E-state index in [1.807, 2.05) is 0 Å². The average molecular weight is 163 g/mol.